The first-order valence-electron chi connectivity index (χ1n) is 5.70. The molecule has 1 N–H and O–H groups in total. The third kappa shape index (κ3) is 2.22. The van der Waals surface area contributed by atoms with E-state index in [0.29, 0.717) is 0 Å². The minimum Gasteiger partial charge on any atom is -0.477 e. The summed E-state index contributed by atoms with van der Waals surface area (Å²) in [5, 5.41) is 8.44. The number of carbonyl (C=O) groups excluding carboxylic acids is 2. The van der Waals surface area contributed by atoms with Crippen molar-refractivity contribution in [3.63, 3.8) is 0 Å². The van der Waals surface area contributed by atoms with Gasteiger partial charge in [0.25, 0.3) is 5.91 Å². The predicted octanol–water partition coefficient (Wildman–Crippen LogP) is -1.17. The van der Waals surface area contributed by atoms with E-state index in [4.69, 9.17) is 9.47 Å². The Morgan fingerprint density at radius 1 is 1.50 bits per heavy atom. The van der Waals surface area contributed by atoms with Crippen LogP contribution in [0.2, 0.25) is 0 Å². The Kier molecular flexibility index (Phi) is 3.91. The van der Waals surface area contributed by atoms with E-state index in [9.17, 15) is 23.7 Å². The maximum absolute atomic E-state index is 12.1. The van der Waals surface area contributed by atoms with E-state index in [1.807, 2.05) is 0 Å². The van der Waals surface area contributed by atoms with E-state index in [1.54, 1.807) is 0 Å². The third-order valence-corrected chi connectivity index (χ3v) is 4.69. The molecule has 1 amide bonds. The Bertz CT molecular complexity index is 541. The Morgan fingerprint density at radius 3 is 2.65 bits per heavy atom. The fourth-order valence-electron chi connectivity index (χ4n) is 2.20. The van der Waals surface area contributed by atoms with E-state index < -0.39 is 40.1 Å². The standard InChI is InChI=1S/C11H13NO7S/c1-5(13)19-3-6-4-20(17)10-8(18-2)9(14)12(10)7(6)11(15)16/h8,10H,3-4H2,1-2H3,(H,15,16). The summed E-state index contributed by atoms with van der Waals surface area (Å²) in [7, 11) is -0.192. The van der Waals surface area contributed by atoms with Gasteiger partial charge in [-0.3, -0.25) is 18.7 Å². The van der Waals surface area contributed by atoms with Crippen LogP contribution in [0, 0.1) is 0 Å². The SMILES string of the molecule is COC1C(=O)N2C(C(=O)O)=C(COC(C)=O)CS(=O)C12. The van der Waals surface area contributed by atoms with Crippen LogP contribution in [0.1, 0.15) is 6.92 Å². The molecule has 2 heterocycles. The van der Waals surface area contributed by atoms with Gasteiger partial charge in [-0.1, -0.05) is 0 Å². The number of carboxylic acid groups (broad SMARTS) is 1. The molecule has 0 spiro atoms. The third-order valence-electron chi connectivity index (χ3n) is 3.06. The molecule has 0 bridgehead atoms. The molecule has 0 aromatic carbocycles. The smallest absolute Gasteiger partial charge is 0.352 e. The second-order valence-corrected chi connectivity index (χ2v) is 5.85. The summed E-state index contributed by atoms with van der Waals surface area (Å²) in [6.07, 6.45) is -0.888. The highest BCUT2D eigenvalue weighted by Crippen LogP contribution is 2.36. The molecule has 1 fully saturated rings. The van der Waals surface area contributed by atoms with E-state index >= 15 is 0 Å². The van der Waals surface area contributed by atoms with Crippen LogP contribution in [0.4, 0.5) is 0 Å². The maximum atomic E-state index is 12.1. The lowest BCUT2D eigenvalue weighted by Gasteiger charge is -2.48. The average molecular weight is 303 g/mol. The maximum Gasteiger partial charge on any atom is 0.352 e. The minimum absolute atomic E-state index is 0.0663. The Labute approximate surface area is 116 Å². The van der Waals surface area contributed by atoms with Crippen LogP contribution in [0.3, 0.4) is 0 Å². The summed E-state index contributed by atoms with van der Waals surface area (Å²) in [5.41, 5.74) is -0.112. The summed E-state index contributed by atoms with van der Waals surface area (Å²) < 4.78 is 21.7. The Balaban J connectivity index is 2.35. The molecule has 3 atom stereocenters. The zero-order valence-electron chi connectivity index (χ0n) is 10.8. The summed E-state index contributed by atoms with van der Waals surface area (Å²) >= 11 is 0. The lowest BCUT2D eigenvalue weighted by molar-refractivity contribution is -0.162. The number of hydrogen-bond acceptors (Lipinski definition) is 6. The van der Waals surface area contributed by atoms with Gasteiger partial charge in [-0.05, 0) is 0 Å². The number of aliphatic carboxylic acids is 1. The number of ether oxygens (including phenoxy) is 2. The molecule has 0 aliphatic carbocycles. The van der Waals surface area contributed by atoms with Gasteiger partial charge in [-0.2, -0.15) is 0 Å². The van der Waals surface area contributed by atoms with E-state index in [1.165, 1.54) is 14.0 Å². The first kappa shape index (κ1) is 14.7. The molecule has 0 radical (unpaired) electrons. The molecule has 0 saturated carbocycles. The second kappa shape index (κ2) is 5.33. The average Bonchev–Trinajstić information content (AvgIpc) is 2.36. The molecule has 110 valence electrons. The zero-order chi connectivity index (χ0) is 15.0. The van der Waals surface area contributed by atoms with Crippen LogP contribution in [-0.2, 0) is 34.7 Å². The molecule has 8 nitrogen and oxygen atoms in total. The largest absolute Gasteiger partial charge is 0.477 e. The van der Waals surface area contributed by atoms with Crippen LogP contribution >= 0.6 is 0 Å². The lowest BCUT2D eigenvalue weighted by Crippen LogP contribution is -2.69. The number of methoxy groups -OCH3 is 1. The zero-order valence-corrected chi connectivity index (χ0v) is 11.6. The molecule has 1 saturated heterocycles. The minimum atomic E-state index is -1.49. The van der Waals surface area contributed by atoms with Gasteiger partial charge in [0.2, 0.25) is 0 Å². The first-order valence-corrected chi connectivity index (χ1v) is 7.08. The molecular formula is C11H13NO7S. The molecule has 2 rings (SSSR count). The van der Waals surface area contributed by atoms with Crippen molar-refractivity contribution in [2.24, 2.45) is 0 Å². The number of fused-ring (bicyclic) bond motifs is 1. The van der Waals surface area contributed by atoms with Crippen molar-refractivity contribution < 1.29 is 33.2 Å². The van der Waals surface area contributed by atoms with Gasteiger partial charge in [-0.15, -0.1) is 0 Å². The fourth-order valence-corrected chi connectivity index (χ4v) is 3.88. The van der Waals surface area contributed by atoms with Crippen molar-refractivity contribution in [2.75, 3.05) is 19.5 Å². The van der Waals surface area contributed by atoms with Crippen molar-refractivity contribution >= 4 is 28.6 Å². The van der Waals surface area contributed by atoms with Crippen molar-refractivity contribution in [1.29, 1.82) is 0 Å². The summed E-state index contributed by atoms with van der Waals surface area (Å²) in [4.78, 5) is 34.9. The summed E-state index contributed by atoms with van der Waals surface area (Å²) in [6, 6.07) is 0. The van der Waals surface area contributed by atoms with Gasteiger partial charge in [0.05, 0.1) is 16.6 Å². The molecule has 3 unspecified atom stereocenters. The van der Waals surface area contributed by atoms with Crippen molar-refractivity contribution in [3.05, 3.63) is 11.3 Å². The number of rotatable bonds is 4. The number of amides is 1. The van der Waals surface area contributed by atoms with Crippen molar-refractivity contribution in [1.82, 2.24) is 4.90 Å². The van der Waals surface area contributed by atoms with Gasteiger partial charge in [0.1, 0.15) is 17.7 Å². The van der Waals surface area contributed by atoms with Crippen LogP contribution < -0.4 is 0 Å². The summed E-state index contributed by atoms with van der Waals surface area (Å²) in [5.74, 6) is -2.52. The van der Waals surface area contributed by atoms with Crippen LogP contribution in [0.5, 0.6) is 0 Å². The number of esters is 1. The number of β-lactam (4-membered cyclic amide) rings is 1. The van der Waals surface area contributed by atoms with Gasteiger partial charge in [-0.25, -0.2) is 4.79 Å². The van der Waals surface area contributed by atoms with E-state index in [0.717, 1.165) is 4.90 Å². The van der Waals surface area contributed by atoms with E-state index in [-0.39, 0.29) is 23.6 Å². The van der Waals surface area contributed by atoms with Crippen LogP contribution in [-0.4, -0.2) is 63.0 Å². The second-order valence-electron chi connectivity index (χ2n) is 4.32. The first-order chi connectivity index (χ1) is 9.38. The molecule has 0 aromatic heterocycles. The lowest BCUT2D eigenvalue weighted by atomic mass is 10.1. The number of carbonyl (C=O) groups is 3. The highest BCUT2D eigenvalue weighted by Gasteiger charge is 2.57. The van der Waals surface area contributed by atoms with Crippen LogP contribution in [0.15, 0.2) is 11.3 Å². The molecule has 9 heteroatoms. The van der Waals surface area contributed by atoms with Gasteiger partial charge < -0.3 is 14.6 Å². The van der Waals surface area contributed by atoms with E-state index in [2.05, 4.69) is 0 Å². The quantitative estimate of drug-likeness (QED) is 0.515. The Morgan fingerprint density at radius 2 is 2.15 bits per heavy atom. The van der Waals surface area contributed by atoms with Gasteiger partial charge in [0.15, 0.2) is 6.10 Å². The number of nitrogens with zero attached hydrogens (tertiary/aromatic N) is 1. The number of hydrogen-bond donors (Lipinski definition) is 1. The summed E-state index contributed by atoms with van der Waals surface area (Å²) in [6.45, 7) is 0.885. The molecule has 0 aromatic rings. The highest BCUT2D eigenvalue weighted by molar-refractivity contribution is 7.86. The molecule has 2 aliphatic heterocycles. The van der Waals surface area contributed by atoms with Gasteiger partial charge in [0, 0.05) is 19.6 Å². The molecule has 20 heavy (non-hydrogen) atoms. The topological polar surface area (TPSA) is 110 Å². The van der Waals surface area contributed by atoms with Crippen LogP contribution in [0.25, 0.3) is 0 Å². The normalized spacial score (nSPS) is 28.8. The molecular weight excluding hydrogens is 290 g/mol. The number of carboxylic acids is 1. The molecule has 2 aliphatic rings. The van der Waals surface area contributed by atoms with Crippen molar-refractivity contribution in [3.8, 4) is 0 Å². The predicted molar refractivity (Wildman–Crippen MR) is 65.7 cm³/mol. The van der Waals surface area contributed by atoms with Gasteiger partial charge >= 0.3 is 11.9 Å². The Hall–Kier alpha value is -1.74. The van der Waals surface area contributed by atoms with Crippen molar-refractivity contribution in [2.45, 2.75) is 18.4 Å². The highest BCUT2D eigenvalue weighted by atomic mass is 32.2. The fraction of sp³-hybridized carbons (Fsp3) is 0.545. The monoisotopic (exact) mass is 303 g/mol.